The van der Waals surface area contributed by atoms with Crippen molar-refractivity contribution in [3.05, 3.63) is 46.1 Å². The number of amides is 1. The summed E-state index contributed by atoms with van der Waals surface area (Å²) in [6.45, 7) is 0. The van der Waals surface area contributed by atoms with Gasteiger partial charge in [-0.25, -0.2) is 0 Å². The minimum Gasteiger partial charge on any atom is -0.496 e. The van der Waals surface area contributed by atoms with E-state index in [1.165, 1.54) is 11.6 Å². The van der Waals surface area contributed by atoms with Crippen LogP contribution in [0.2, 0.25) is 5.15 Å². The van der Waals surface area contributed by atoms with Crippen LogP contribution in [0.15, 0.2) is 24.3 Å². The number of primary amides is 1. The second-order valence-corrected chi connectivity index (χ2v) is 5.44. The molecule has 1 aliphatic carbocycles. The minimum absolute atomic E-state index is 0.0266. The van der Waals surface area contributed by atoms with E-state index in [9.17, 15) is 4.79 Å². The number of nitrogens with two attached hydrogens (primary N) is 1. The summed E-state index contributed by atoms with van der Waals surface area (Å²) < 4.78 is 5.39. The van der Waals surface area contributed by atoms with Crippen LogP contribution in [0.1, 0.15) is 33.9 Å². The molecule has 1 amide bonds. The highest BCUT2D eigenvalue weighted by Crippen LogP contribution is 2.38. The first kappa shape index (κ1) is 14.6. The molecule has 1 unspecified atom stereocenters. The fourth-order valence-electron chi connectivity index (χ4n) is 2.79. The molecule has 22 heavy (non-hydrogen) atoms. The second kappa shape index (κ2) is 5.81. The van der Waals surface area contributed by atoms with Gasteiger partial charge in [0, 0.05) is 0 Å². The number of carbonyl (C=O) groups is 1. The number of rotatable bonds is 4. The number of halogens is 1. The summed E-state index contributed by atoms with van der Waals surface area (Å²) in [5, 5.41) is 11.1. The number of carbonyl (C=O) groups excluding carboxylic acids is 1. The number of hydrogen-bond acceptors (Lipinski definition) is 5. The zero-order valence-corrected chi connectivity index (χ0v) is 12.7. The summed E-state index contributed by atoms with van der Waals surface area (Å²) in [6.07, 6.45) is 1.77. The molecule has 6 nitrogen and oxygen atoms in total. The first-order valence-electron chi connectivity index (χ1n) is 6.85. The number of fused-ring (bicyclic) bond motifs is 1. The van der Waals surface area contributed by atoms with Gasteiger partial charge < -0.3 is 15.8 Å². The molecule has 2 aromatic rings. The molecular formula is C15H15ClN4O2. The van der Waals surface area contributed by atoms with Gasteiger partial charge >= 0.3 is 0 Å². The van der Waals surface area contributed by atoms with Gasteiger partial charge in [-0.2, -0.15) is 0 Å². The van der Waals surface area contributed by atoms with Crippen LogP contribution < -0.4 is 15.8 Å². The Hall–Kier alpha value is -2.34. The maximum absolute atomic E-state index is 11.5. The van der Waals surface area contributed by atoms with E-state index in [1.54, 1.807) is 7.11 Å². The molecule has 1 heterocycles. The molecule has 1 aromatic heterocycles. The van der Waals surface area contributed by atoms with E-state index in [4.69, 9.17) is 22.1 Å². The van der Waals surface area contributed by atoms with Crippen molar-refractivity contribution in [2.75, 3.05) is 12.4 Å². The highest BCUT2D eigenvalue weighted by Gasteiger charge is 2.26. The molecule has 114 valence electrons. The number of hydrogen-bond donors (Lipinski definition) is 2. The van der Waals surface area contributed by atoms with Gasteiger partial charge in [0.1, 0.15) is 5.75 Å². The Balaban J connectivity index is 1.93. The van der Waals surface area contributed by atoms with Gasteiger partial charge in [0.25, 0.3) is 5.91 Å². The van der Waals surface area contributed by atoms with E-state index in [2.05, 4.69) is 15.5 Å². The van der Waals surface area contributed by atoms with Crippen molar-refractivity contribution in [1.82, 2.24) is 10.2 Å². The lowest BCUT2D eigenvalue weighted by Gasteiger charge is -2.16. The lowest BCUT2D eigenvalue weighted by molar-refractivity contribution is 0.100. The van der Waals surface area contributed by atoms with Crippen molar-refractivity contribution < 1.29 is 9.53 Å². The largest absolute Gasteiger partial charge is 0.496 e. The number of methoxy groups -OCH3 is 1. The van der Waals surface area contributed by atoms with Gasteiger partial charge in [-0.15, -0.1) is 10.2 Å². The monoisotopic (exact) mass is 318 g/mol. The molecule has 0 bridgehead atoms. The first-order valence-corrected chi connectivity index (χ1v) is 7.23. The molecule has 1 atom stereocenters. The van der Waals surface area contributed by atoms with E-state index in [0.717, 1.165) is 24.2 Å². The van der Waals surface area contributed by atoms with E-state index >= 15 is 0 Å². The Morgan fingerprint density at radius 3 is 3.00 bits per heavy atom. The van der Waals surface area contributed by atoms with Crippen molar-refractivity contribution in [2.45, 2.75) is 18.9 Å². The van der Waals surface area contributed by atoms with Gasteiger partial charge in [0.2, 0.25) is 0 Å². The molecular weight excluding hydrogens is 304 g/mol. The average molecular weight is 319 g/mol. The van der Waals surface area contributed by atoms with Crippen molar-refractivity contribution >= 4 is 23.3 Å². The summed E-state index contributed by atoms with van der Waals surface area (Å²) in [7, 11) is 1.66. The molecule has 0 saturated carbocycles. The standard InChI is InChI=1S/C15H15ClN4O2/c1-22-12-4-2-3-8-9(12)5-6-11(8)18-15-10(14(17)21)7-13(16)19-20-15/h2-4,7,11H,5-6H2,1H3,(H2,17,21)(H,18,20). The molecule has 0 radical (unpaired) electrons. The molecule has 3 rings (SSSR count). The highest BCUT2D eigenvalue weighted by molar-refractivity contribution is 6.29. The third-order valence-corrected chi connectivity index (χ3v) is 3.97. The third kappa shape index (κ3) is 2.57. The summed E-state index contributed by atoms with van der Waals surface area (Å²) in [5.41, 5.74) is 7.91. The fourth-order valence-corrected chi connectivity index (χ4v) is 2.94. The Morgan fingerprint density at radius 2 is 2.27 bits per heavy atom. The zero-order valence-electron chi connectivity index (χ0n) is 12.0. The maximum atomic E-state index is 11.5. The lowest BCUT2D eigenvalue weighted by atomic mass is 10.1. The minimum atomic E-state index is -0.594. The molecule has 7 heteroatoms. The SMILES string of the molecule is COc1cccc2c1CCC2Nc1nnc(Cl)cc1C(N)=O. The van der Waals surface area contributed by atoms with Crippen LogP contribution in [0.4, 0.5) is 5.82 Å². The van der Waals surface area contributed by atoms with Gasteiger partial charge in [-0.05, 0) is 36.1 Å². The highest BCUT2D eigenvalue weighted by atomic mass is 35.5. The predicted molar refractivity (Wildman–Crippen MR) is 83.2 cm³/mol. The molecule has 1 aliphatic rings. The molecule has 3 N–H and O–H groups in total. The smallest absolute Gasteiger partial charge is 0.252 e. The topological polar surface area (TPSA) is 90.1 Å². The van der Waals surface area contributed by atoms with Crippen LogP contribution in [0.25, 0.3) is 0 Å². The van der Waals surface area contributed by atoms with Gasteiger partial charge in [0.15, 0.2) is 11.0 Å². The molecule has 0 spiro atoms. The Bertz CT molecular complexity index is 735. The Kier molecular flexibility index (Phi) is 3.85. The summed E-state index contributed by atoms with van der Waals surface area (Å²) >= 11 is 5.77. The Morgan fingerprint density at radius 1 is 1.45 bits per heavy atom. The summed E-state index contributed by atoms with van der Waals surface area (Å²) in [4.78, 5) is 11.5. The van der Waals surface area contributed by atoms with E-state index in [-0.39, 0.29) is 16.8 Å². The third-order valence-electron chi connectivity index (χ3n) is 3.79. The average Bonchev–Trinajstić information content (AvgIpc) is 2.92. The molecule has 0 fully saturated rings. The van der Waals surface area contributed by atoms with E-state index < -0.39 is 5.91 Å². The van der Waals surface area contributed by atoms with Gasteiger partial charge in [-0.1, -0.05) is 23.7 Å². The predicted octanol–water partition coefficient (Wildman–Crippen LogP) is 2.34. The number of nitrogens with one attached hydrogen (secondary N) is 1. The number of ether oxygens (including phenoxy) is 1. The van der Waals surface area contributed by atoms with Crippen molar-refractivity contribution in [3.63, 3.8) is 0 Å². The van der Waals surface area contributed by atoms with Crippen LogP contribution >= 0.6 is 11.6 Å². The van der Waals surface area contributed by atoms with Crippen LogP contribution in [0.3, 0.4) is 0 Å². The van der Waals surface area contributed by atoms with E-state index in [1.807, 2.05) is 18.2 Å². The zero-order chi connectivity index (χ0) is 15.7. The van der Waals surface area contributed by atoms with Crippen molar-refractivity contribution in [3.8, 4) is 5.75 Å². The van der Waals surface area contributed by atoms with Crippen molar-refractivity contribution in [1.29, 1.82) is 0 Å². The van der Waals surface area contributed by atoms with Crippen LogP contribution in [0.5, 0.6) is 5.75 Å². The van der Waals surface area contributed by atoms with Crippen molar-refractivity contribution in [2.24, 2.45) is 5.73 Å². The number of aromatic nitrogens is 2. The number of nitrogens with zero attached hydrogens (tertiary/aromatic N) is 2. The van der Waals surface area contributed by atoms with Crippen LogP contribution in [0, 0.1) is 0 Å². The summed E-state index contributed by atoms with van der Waals surface area (Å²) in [5.74, 6) is 0.625. The van der Waals surface area contributed by atoms with Gasteiger partial charge in [0.05, 0.1) is 18.7 Å². The second-order valence-electron chi connectivity index (χ2n) is 5.06. The maximum Gasteiger partial charge on any atom is 0.252 e. The van der Waals surface area contributed by atoms with Crippen LogP contribution in [-0.4, -0.2) is 23.2 Å². The van der Waals surface area contributed by atoms with Crippen LogP contribution in [-0.2, 0) is 6.42 Å². The first-order chi connectivity index (χ1) is 10.6. The molecule has 0 aliphatic heterocycles. The Labute approximate surface area is 132 Å². The fraction of sp³-hybridized carbons (Fsp3) is 0.267. The molecule has 1 aromatic carbocycles. The van der Waals surface area contributed by atoms with Gasteiger partial charge in [-0.3, -0.25) is 4.79 Å². The normalized spacial score (nSPS) is 16.2. The molecule has 0 saturated heterocycles. The number of benzene rings is 1. The lowest BCUT2D eigenvalue weighted by Crippen LogP contribution is -2.18. The van der Waals surface area contributed by atoms with E-state index in [0.29, 0.717) is 5.82 Å². The summed E-state index contributed by atoms with van der Waals surface area (Å²) in [6, 6.07) is 7.37. The quantitative estimate of drug-likeness (QED) is 0.903. The number of anilines is 1.